The monoisotopic (exact) mass is 130 g/mol. The lowest BCUT2D eigenvalue weighted by molar-refractivity contribution is 0.362. The van der Waals surface area contributed by atoms with Crippen molar-refractivity contribution in [1.82, 2.24) is 9.57 Å². The third-order valence-electron chi connectivity index (χ3n) is 1.22. The average Bonchev–Trinajstić information content (AvgIpc) is 2.14. The summed E-state index contributed by atoms with van der Waals surface area (Å²) >= 11 is 0. The first-order chi connectivity index (χ1) is 3.83. The van der Waals surface area contributed by atoms with Crippen LogP contribution in [0.3, 0.4) is 0 Å². The highest BCUT2D eigenvalue weighted by Gasteiger charge is 2.03. The molecule has 1 heterocycles. The first-order valence-corrected chi connectivity index (χ1v) is 3.28. The highest BCUT2D eigenvalue weighted by Crippen LogP contribution is 2.09. The molecular weight excluding hydrogens is 119 g/mol. The molecule has 0 spiro atoms. The van der Waals surface area contributed by atoms with E-state index in [1.54, 1.807) is 0 Å². The van der Waals surface area contributed by atoms with Gasteiger partial charge in [0.05, 0.1) is 6.67 Å². The van der Waals surface area contributed by atoms with Crippen LogP contribution < -0.4 is 0 Å². The van der Waals surface area contributed by atoms with E-state index < -0.39 is 0 Å². The Morgan fingerprint density at radius 3 is 2.62 bits per heavy atom. The average molecular weight is 130 g/mol. The molecule has 0 aromatic carbocycles. The van der Waals surface area contributed by atoms with Crippen molar-refractivity contribution in [2.24, 2.45) is 0 Å². The van der Waals surface area contributed by atoms with Crippen molar-refractivity contribution in [1.29, 1.82) is 0 Å². The lowest BCUT2D eigenvalue weighted by Gasteiger charge is -2.14. The molecule has 0 fully saturated rings. The van der Waals surface area contributed by atoms with E-state index in [1.807, 2.05) is 6.20 Å². The quantitative estimate of drug-likeness (QED) is 0.485. The molecule has 1 unspecified atom stereocenters. The molecule has 8 heavy (non-hydrogen) atoms. The van der Waals surface area contributed by atoms with Gasteiger partial charge in [0.2, 0.25) is 0 Å². The van der Waals surface area contributed by atoms with E-state index in [0.717, 1.165) is 13.2 Å². The standard InChI is InChI=1S/C5H11N2P/c1-2-6-3-4-7(8)5-6/h3-4H,2,5,8H2,1H3. The zero-order valence-corrected chi connectivity index (χ0v) is 6.20. The minimum absolute atomic E-state index is 1.02. The van der Waals surface area contributed by atoms with E-state index in [0.29, 0.717) is 0 Å². The minimum Gasteiger partial charge on any atom is -0.359 e. The van der Waals surface area contributed by atoms with Crippen LogP contribution in [0.1, 0.15) is 6.92 Å². The van der Waals surface area contributed by atoms with E-state index in [2.05, 4.69) is 32.1 Å². The molecule has 1 rings (SSSR count). The summed E-state index contributed by atoms with van der Waals surface area (Å²) < 4.78 is 2.07. The zero-order valence-electron chi connectivity index (χ0n) is 5.04. The Balaban J connectivity index is 2.34. The van der Waals surface area contributed by atoms with Crippen molar-refractivity contribution in [3.8, 4) is 0 Å². The Morgan fingerprint density at radius 2 is 2.38 bits per heavy atom. The van der Waals surface area contributed by atoms with Crippen LogP contribution in [0, 0.1) is 0 Å². The van der Waals surface area contributed by atoms with Crippen LogP contribution in [0.2, 0.25) is 0 Å². The molecule has 46 valence electrons. The van der Waals surface area contributed by atoms with Crippen LogP contribution in [0.25, 0.3) is 0 Å². The van der Waals surface area contributed by atoms with Gasteiger partial charge >= 0.3 is 0 Å². The molecule has 3 heteroatoms. The van der Waals surface area contributed by atoms with Gasteiger partial charge in [-0.15, -0.1) is 0 Å². The third kappa shape index (κ3) is 1.13. The largest absolute Gasteiger partial charge is 0.359 e. The van der Waals surface area contributed by atoms with Crippen molar-refractivity contribution in [3.05, 3.63) is 12.4 Å². The zero-order chi connectivity index (χ0) is 5.98. The maximum Gasteiger partial charge on any atom is 0.0923 e. The van der Waals surface area contributed by atoms with Crippen molar-refractivity contribution >= 4 is 9.39 Å². The topological polar surface area (TPSA) is 6.48 Å². The summed E-state index contributed by atoms with van der Waals surface area (Å²) in [6.07, 6.45) is 4.14. The molecule has 0 aromatic rings. The smallest absolute Gasteiger partial charge is 0.0923 e. The molecular formula is C5H11N2P. The molecule has 0 aliphatic carbocycles. The van der Waals surface area contributed by atoms with Gasteiger partial charge in [-0.3, -0.25) is 0 Å². The summed E-state index contributed by atoms with van der Waals surface area (Å²) in [5, 5.41) is 0. The Morgan fingerprint density at radius 1 is 1.62 bits per heavy atom. The fraction of sp³-hybridized carbons (Fsp3) is 0.600. The first kappa shape index (κ1) is 5.90. The fourth-order valence-corrected chi connectivity index (χ4v) is 0.976. The Kier molecular flexibility index (Phi) is 1.74. The molecule has 0 radical (unpaired) electrons. The SMILES string of the molecule is CCN1C=CN(P)C1. The van der Waals surface area contributed by atoms with Crippen LogP contribution in [-0.2, 0) is 0 Å². The van der Waals surface area contributed by atoms with Gasteiger partial charge in [-0.2, -0.15) is 0 Å². The summed E-state index contributed by atoms with van der Waals surface area (Å²) in [4.78, 5) is 2.23. The first-order valence-electron chi connectivity index (χ1n) is 2.76. The molecule has 2 nitrogen and oxygen atoms in total. The van der Waals surface area contributed by atoms with Gasteiger partial charge in [-0.05, 0) is 16.3 Å². The number of hydrogen-bond acceptors (Lipinski definition) is 2. The summed E-state index contributed by atoms with van der Waals surface area (Å²) in [5.74, 6) is 0. The summed E-state index contributed by atoms with van der Waals surface area (Å²) in [6, 6.07) is 0. The number of rotatable bonds is 1. The van der Waals surface area contributed by atoms with Crippen molar-refractivity contribution in [2.45, 2.75) is 6.92 Å². The number of hydrogen-bond donors (Lipinski definition) is 0. The fourth-order valence-electron chi connectivity index (χ4n) is 0.689. The molecule has 1 atom stereocenters. The predicted molar refractivity (Wildman–Crippen MR) is 37.9 cm³/mol. The second-order valence-electron chi connectivity index (χ2n) is 1.86. The molecule has 0 aromatic heterocycles. The molecule has 1 aliphatic rings. The molecule has 0 bridgehead atoms. The van der Waals surface area contributed by atoms with E-state index >= 15 is 0 Å². The summed E-state index contributed by atoms with van der Waals surface area (Å²) in [6.45, 7) is 4.26. The van der Waals surface area contributed by atoms with Crippen LogP contribution in [-0.4, -0.2) is 22.8 Å². The minimum atomic E-state index is 1.02. The van der Waals surface area contributed by atoms with Gasteiger partial charge in [0.15, 0.2) is 0 Å². The van der Waals surface area contributed by atoms with Crippen LogP contribution in [0.5, 0.6) is 0 Å². The van der Waals surface area contributed by atoms with E-state index in [9.17, 15) is 0 Å². The normalized spacial score (nSPS) is 18.2. The lowest BCUT2D eigenvalue weighted by Crippen LogP contribution is -2.18. The molecule has 0 N–H and O–H groups in total. The maximum atomic E-state index is 2.63. The van der Waals surface area contributed by atoms with Crippen LogP contribution in [0.15, 0.2) is 12.4 Å². The highest BCUT2D eigenvalue weighted by molar-refractivity contribution is 7.13. The maximum absolute atomic E-state index is 2.63. The van der Waals surface area contributed by atoms with Crippen LogP contribution >= 0.6 is 9.39 Å². The van der Waals surface area contributed by atoms with Gasteiger partial charge < -0.3 is 9.57 Å². The molecule has 0 amide bonds. The van der Waals surface area contributed by atoms with Gasteiger partial charge in [-0.1, -0.05) is 0 Å². The van der Waals surface area contributed by atoms with Crippen LogP contribution in [0.4, 0.5) is 0 Å². The summed E-state index contributed by atoms with van der Waals surface area (Å²) in [5.41, 5.74) is 0. The van der Waals surface area contributed by atoms with Crippen molar-refractivity contribution in [2.75, 3.05) is 13.2 Å². The molecule has 1 aliphatic heterocycles. The van der Waals surface area contributed by atoms with Crippen molar-refractivity contribution < 1.29 is 0 Å². The third-order valence-corrected chi connectivity index (χ3v) is 1.56. The van der Waals surface area contributed by atoms with Gasteiger partial charge in [0.25, 0.3) is 0 Å². The van der Waals surface area contributed by atoms with E-state index in [-0.39, 0.29) is 0 Å². The Hall–Kier alpha value is -0.230. The second-order valence-corrected chi connectivity index (χ2v) is 2.52. The Labute approximate surface area is 52.4 Å². The van der Waals surface area contributed by atoms with Gasteiger partial charge in [0.1, 0.15) is 0 Å². The van der Waals surface area contributed by atoms with Crippen molar-refractivity contribution in [3.63, 3.8) is 0 Å². The molecule has 0 saturated carbocycles. The summed E-state index contributed by atoms with van der Waals surface area (Å²) in [7, 11) is 2.63. The van der Waals surface area contributed by atoms with E-state index in [1.165, 1.54) is 0 Å². The van der Waals surface area contributed by atoms with Gasteiger partial charge in [-0.25, -0.2) is 0 Å². The Bertz CT molecular complexity index is 103. The predicted octanol–water partition coefficient (Wildman–Crippen LogP) is 0.843. The van der Waals surface area contributed by atoms with E-state index in [4.69, 9.17) is 0 Å². The lowest BCUT2D eigenvalue weighted by atomic mass is 10.6. The molecule has 0 saturated heterocycles. The second kappa shape index (κ2) is 2.36. The number of nitrogens with zero attached hydrogens (tertiary/aromatic N) is 2. The van der Waals surface area contributed by atoms with Gasteiger partial charge in [0, 0.05) is 18.9 Å². The highest BCUT2D eigenvalue weighted by atomic mass is 31.0.